The molecule has 0 atom stereocenters. The van der Waals surface area contributed by atoms with E-state index < -0.39 is 0 Å². The van der Waals surface area contributed by atoms with E-state index in [4.69, 9.17) is 12.2 Å². The number of hydrogen-bond acceptors (Lipinski definition) is 6. The number of fused-ring (bicyclic) bond motifs is 1. The second-order valence-corrected chi connectivity index (χ2v) is 8.46. The lowest BCUT2D eigenvalue weighted by Gasteiger charge is -2.14. The number of carbonyl (C=O) groups excluding carboxylic acids is 1. The van der Waals surface area contributed by atoms with Crippen LogP contribution < -0.4 is 10.9 Å². The SMILES string of the molecule is CNc1nc2ccccn2c(=O)c1C=C1SC(=S)N(CCCc2ccccc2)C1=O. The molecule has 0 radical (unpaired) electrons. The summed E-state index contributed by atoms with van der Waals surface area (Å²) in [6, 6.07) is 15.5. The molecule has 1 amide bonds. The zero-order valence-electron chi connectivity index (χ0n) is 16.4. The number of anilines is 1. The Hall–Kier alpha value is -2.97. The van der Waals surface area contributed by atoms with Gasteiger partial charge in [-0.3, -0.25) is 18.9 Å². The Morgan fingerprint density at radius 3 is 2.67 bits per heavy atom. The van der Waals surface area contributed by atoms with Crippen LogP contribution in [-0.2, 0) is 11.2 Å². The summed E-state index contributed by atoms with van der Waals surface area (Å²) in [4.78, 5) is 32.4. The van der Waals surface area contributed by atoms with E-state index in [2.05, 4.69) is 22.4 Å². The molecule has 3 heterocycles. The monoisotopic (exact) mass is 436 g/mol. The van der Waals surface area contributed by atoms with Crippen molar-refractivity contribution in [1.82, 2.24) is 14.3 Å². The third kappa shape index (κ3) is 4.01. The number of amides is 1. The second-order valence-electron chi connectivity index (χ2n) is 6.78. The number of hydrogen-bond donors (Lipinski definition) is 1. The van der Waals surface area contributed by atoms with E-state index in [1.807, 2.05) is 24.3 Å². The van der Waals surface area contributed by atoms with Crippen molar-refractivity contribution in [3.8, 4) is 0 Å². The third-order valence-corrected chi connectivity index (χ3v) is 6.22. The molecule has 1 N–H and O–H groups in total. The number of pyridine rings is 1. The zero-order chi connectivity index (χ0) is 21.1. The fourth-order valence-electron chi connectivity index (χ4n) is 3.33. The van der Waals surface area contributed by atoms with E-state index in [0.29, 0.717) is 32.8 Å². The average molecular weight is 437 g/mol. The van der Waals surface area contributed by atoms with Crippen molar-refractivity contribution in [1.29, 1.82) is 0 Å². The number of nitrogens with one attached hydrogen (secondary N) is 1. The Labute approximate surface area is 183 Å². The van der Waals surface area contributed by atoms with Crippen molar-refractivity contribution in [3.05, 3.63) is 81.1 Å². The Morgan fingerprint density at radius 2 is 1.90 bits per heavy atom. The molecule has 152 valence electrons. The lowest BCUT2D eigenvalue weighted by atomic mass is 10.1. The van der Waals surface area contributed by atoms with Gasteiger partial charge in [-0.1, -0.05) is 60.4 Å². The van der Waals surface area contributed by atoms with Gasteiger partial charge < -0.3 is 5.32 Å². The smallest absolute Gasteiger partial charge is 0.267 e. The minimum Gasteiger partial charge on any atom is -0.372 e. The molecule has 0 bridgehead atoms. The van der Waals surface area contributed by atoms with Crippen LogP contribution in [0.15, 0.2) is 64.4 Å². The van der Waals surface area contributed by atoms with Crippen LogP contribution in [0.3, 0.4) is 0 Å². The molecule has 1 aliphatic rings. The second kappa shape index (κ2) is 8.81. The van der Waals surface area contributed by atoms with Crippen LogP contribution in [0.25, 0.3) is 11.7 Å². The van der Waals surface area contributed by atoms with Gasteiger partial charge in [-0.25, -0.2) is 4.98 Å². The number of carbonyl (C=O) groups is 1. The van der Waals surface area contributed by atoms with Crippen molar-refractivity contribution in [3.63, 3.8) is 0 Å². The molecule has 0 spiro atoms. The van der Waals surface area contributed by atoms with E-state index in [0.717, 1.165) is 12.8 Å². The summed E-state index contributed by atoms with van der Waals surface area (Å²) in [6.45, 7) is 0.546. The molecule has 0 saturated carbocycles. The summed E-state index contributed by atoms with van der Waals surface area (Å²) in [6.07, 6.45) is 4.94. The Kier molecular flexibility index (Phi) is 5.96. The third-order valence-electron chi connectivity index (χ3n) is 4.84. The summed E-state index contributed by atoms with van der Waals surface area (Å²) in [7, 11) is 1.70. The predicted molar refractivity (Wildman–Crippen MR) is 126 cm³/mol. The predicted octanol–water partition coefficient (Wildman–Crippen LogP) is 3.57. The van der Waals surface area contributed by atoms with Crippen molar-refractivity contribution in [2.45, 2.75) is 12.8 Å². The summed E-state index contributed by atoms with van der Waals surface area (Å²) in [5.41, 5.74) is 1.87. The van der Waals surface area contributed by atoms with E-state index in [9.17, 15) is 9.59 Å². The minimum atomic E-state index is -0.237. The number of aryl methyl sites for hydroxylation is 1. The first-order valence-electron chi connectivity index (χ1n) is 9.57. The van der Waals surface area contributed by atoms with E-state index in [1.165, 1.54) is 21.7 Å². The summed E-state index contributed by atoms with van der Waals surface area (Å²) >= 11 is 6.65. The van der Waals surface area contributed by atoms with E-state index in [-0.39, 0.29) is 11.5 Å². The Morgan fingerprint density at radius 1 is 1.13 bits per heavy atom. The van der Waals surface area contributed by atoms with Crippen LogP contribution in [0.4, 0.5) is 5.82 Å². The van der Waals surface area contributed by atoms with Crippen LogP contribution in [0.1, 0.15) is 17.5 Å². The lowest BCUT2D eigenvalue weighted by molar-refractivity contribution is -0.122. The number of nitrogens with zero attached hydrogens (tertiary/aromatic N) is 3. The van der Waals surface area contributed by atoms with Crippen LogP contribution in [0.2, 0.25) is 0 Å². The van der Waals surface area contributed by atoms with Crippen molar-refractivity contribution >= 4 is 51.7 Å². The maximum absolute atomic E-state index is 13.0. The van der Waals surface area contributed by atoms with Crippen LogP contribution in [0.5, 0.6) is 0 Å². The highest BCUT2D eigenvalue weighted by Gasteiger charge is 2.32. The van der Waals surface area contributed by atoms with Gasteiger partial charge in [0.15, 0.2) is 0 Å². The number of thiocarbonyl (C=S) groups is 1. The quantitative estimate of drug-likeness (QED) is 0.471. The largest absolute Gasteiger partial charge is 0.372 e. The van der Waals surface area contributed by atoms with Crippen LogP contribution in [0, 0.1) is 0 Å². The number of benzene rings is 1. The lowest BCUT2D eigenvalue weighted by Crippen LogP contribution is -2.29. The molecular weight excluding hydrogens is 416 g/mol. The standard InChI is InChI=1S/C22H20N4O2S2/c1-23-19-16(20(27)25-12-6-5-11-18(25)24-19)14-17-21(28)26(22(29)30-17)13-7-10-15-8-3-2-4-9-15/h2-6,8-9,11-12,14,23H,7,10,13H2,1H3. The molecule has 6 nitrogen and oxygen atoms in total. The van der Waals surface area contributed by atoms with Crippen LogP contribution >= 0.6 is 24.0 Å². The average Bonchev–Trinajstić information content (AvgIpc) is 3.03. The number of thioether (sulfide) groups is 1. The summed E-state index contributed by atoms with van der Waals surface area (Å²) in [5, 5.41) is 2.96. The normalized spacial score (nSPS) is 15.4. The van der Waals surface area contributed by atoms with Gasteiger partial charge in [0.25, 0.3) is 11.5 Å². The molecule has 30 heavy (non-hydrogen) atoms. The maximum Gasteiger partial charge on any atom is 0.267 e. The highest BCUT2D eigenvalue weighted by Crippen LogP contribution is 2.33. The summed E-state index contributed by atoms with van der Waals surface area (Å²) < 4.78 is 1.98. The van der Waals surface area contributed by atoms with Gasteiger partial charge in [-0.2, -0.15) is 0 Å². The van der Waals surface area contributed by atoms with Crippen molar-refractivity contribution < 1.29 is 4.79 Å². The van der Waals surface area contributed by atoms with Crippen molar-refractivity contribution in [2.75, 3.05) is 18.9 Å². The highest BCUT2D eigenvalue weighted by molar-refractivity contribution is 8.26. The number of rotatable bonds is 6. The Balaban J connectivity index is 1.57. The maximum atomic E-state index is 13.0. The molecular formula is C22H20N4O2S2. The zero-order valence-corrected chi connectivity index (χ0v) is 18.0. The molecule has 1 aromatic carbocycles. The molecule has 3 aromatic rings. The first-order chi connectivity index (χ1) is 14.6. The number of aromatic nitrogens is 2. The summed E-state index contributed by atoms with van der Waals surface area (Å²) in [5.74, 6) is 0.262. The first kappa shape index (κ1) is 20.3. The molecule has 1 aliphatic heterocycles. The van der Waals surface area contributed by atoms with E-state index >= 15 is 0 Å². The fourth-order valence-corrected chi connectivity index (χ4v) is 4.62. The van der Waals surface area contributed by atoms with Gasteiger partial charge in [-0.05, 0) is 36.6 Å². The molecule has 2 aromatic heterocycles. The minimum absolute atomic E-state index is 0.169. The van der Waals surface area contributed by atoms with Gasteiger partial charge >= 0.3 is 0 Å². The van der Waals surface area contributed by atoms with Gasteiger partial charge in [0.05, 0.1) is 10.5 Å². The van der Waals surface area contributed by atoms with Gasteiger partial charge in [0, 0.05) is 19.8 Å². The molecule has 0 unspecified atom stereocenters. The van der Waals surface area contributed by atoms with E-state index in [1.54, 1.807) is 36.4 Å². The molecule has 0 aliphatic carbocycles. The molecule has 8 heteroatoms. The van der Waals surface area contributed by atoms with Crippen molar-refractivity contribution in [2.24, 2.45) is 0 Å². The molecule has 1 fully saturated rings. The topological polar surface area (TPSA) is 66.7 Å². The molecule has 4 rings (SSSR count). The van der Waals surface area contributed by atoms with Gasteiger partial charge in [0.2, 0.25) is 0 Å². The highest BCUT2D eigenvalue weighted by atomic mass is 32.2. The first-order valence-corrected chi connectivity index (χ1v) is 10.8. The van der Waals surface area contributed by atoms with Gasteiger partial charge in [-0.15, -0.1) is 0 Å². The fraction of sp³-hybridized carbons (Fsp3) is 0.182. The van der Waals surface area contributed by atoms with Crippen LogP contribution in [-0.4, -0.2) is 38.1 Å². The molecule has 1 saturated heterocycles. The van der Waals surface area contributed by atoms with Gasteiger partial charge in [0.1, 0.15) is 15.8 Å². The Bertz CT molecular complexity index is 1200.